The summed E-state index contributed by atoms with van der Waals surface area (Å²) in [7, 11) is 1.33. The summed E-state index contributed by atoms with van der Waals surface area (Å²) in [6, 6.07) is 2.47. The van der Waals surface area contributed by atoms with E-state index in [0.717, 1.165) is 0 Å². The Kier molecular flexibility index (Phi) is 3.38. The van der Waals surface area contributed by atoms with Crippen LogP contribution in [0.1, 0.15) is 18.0 Å². The van der Waals surface area contributed by atoms with Crippen LogP contribution in [0.4, 0.5) is 4.39 Å². The van der Waals surface area contributed by atoms with E-state index in [1.807, 2.05) is 0 Å². The van der Waals surface area contributed by atoms with Crippen LogP contribution in [0.2, 0.25) is 0 Å². The first-order chi connectivity index (χ1) is 8.52. The lowest BCUT2D eigenvalue weighted by Crippen LogP contribution is -2.17. The first kappa shape index (κ1) is 12.6. The number of benzene rings is 1. The van der Waals surface area contributed by atoms with Crippen molar-refractivity contribution >= 4 is 5.97 Å². The number of hydrogen-bond acceptors (Lipinski definition) is 4. The van der Waals surface area contributed by atoms with Crippen molar-refractivity contribution in [2.45, 2.75) is 12.5 Å². The Morgan fingerprint density at radius 1 is 1.56 bits per heavy atom. The molecule has 0 amide bonds. The highest BCUT2D eigenvalue weighted by atomic mass is 19.1. The Bertz CT molecular complexity index is 477. The maximum absolute atomic E-state index is 13.5. The van der Waals surface area contributed by atoms with Gasteiger partial charge in [0.25, 0.3) is 0 Å². The van der Waals surface area contributed by atoms with Crippen LogP contribution in [-0.4, -0.2) is 29.8 Å². The molecule has 0 spiro atoms. The standard InChI is InChI=1S/C12H14FNO4/c1-18-10-4-6(2-8(13)11(10)15)9-3-7(5-14-9)12(16)17/h2,4,7,9,14-15H,3,5H2,1H3,(H,16,17). The fourth-order valence-corrected chi connectivity index (χ4v) is 2.13. The zero-order valence-electron chi connectivity index (χ0n) is 9.81. The maximum atomic E-state index is 13.5. The van der Waals surface area contributed by atoms with E-state index in [4.69, 9.17) is 9.84 Å². The van der Waals surface area contributed by atoms with E-state index in [9.17, 15) is 14.3 Å². The van der Waals surface area contributed by atoms with E-state index >= 15 is 0 Å². The fourth-order valence-electron chi connectivity index (χ4n) is 2.13. The smallest absolute Gasteiger partial charge is 0.307 e. The molecule has 1 saturated heterocycles. The lowest BCUT2D eigenvalue weighted by Gasteiger charge is -2.13. The highest BCUT2D eigenvalue weighted by Gasteiger charge is 2.31. The van der Waals surface area contributed by atoms with Gasteiger partial charge in [0.2, 0.25) is 0 Å². The Labute approximate surface area is 103 Å². The van der Waals surface area contributed by atoms with Crippen LogP contribution in [0.3, 0.4) is 0 Å². The summed E-state index contributed by atoms with van der Waals surface area (Å²) in [6.45, 7) is 0.352. The quantitative estimate of drug-likeness (QED) is 0.758. The Morgan fingerprint density at radius 2 is 2.28 bits per heavy atom. The molecule has 0 aromatic heterocycles. The van der Waals surface area contributed by atoms with E-state index in [-0.39, 0.29) is 11.8 Å². The molecule has 0 aliphatic carbocycles. The summed E-state index contributed by atoms with van der Waals surface area (Å²) >= 11 is 0. The predicted octanol–water partition coefficient (Wildman–Crippen LogP) is 1.28. The summed E-state index contributed by atoms with van der Waals surface area (Å²) in [5, 5.41) is 21.3. The van der Waals surface area contributed by atoms with Gasteiger partial charge in [-0.1, -0.05) is 0 Å². The number of phenols is 1. The molecule has 1 aromatic carbocycles. The molecule has 18 heavy (non-hydrogen) atoms. The summed E-state index contributed by atoms with van der Waals surface area (Å²) < 4.78 is 18.3. The van der Waals surface area contributed by atoms with Crippen molar-refractivity contribution in [2.24, 2.45) is 5.92 Å². The normalized spacial score (nSPS) is 23.0. The third-order valence-electron chi connectivity index (χ3n) is 3.15. The van der Waals surface area contributed by atoms with Gasteiger partial charge in [0.15, 0.2) is 17.3 Å². The Hall–Kier alpha value is -1.82. The van der Waals surface area contributed by atoms with Gasteiger partial charge in [0.1, 0.15) is 0 Å². The number of aliphatic carboxylic acids is 1. The number of carboxylic acid groups (broad SMARTS) is 1. The van der Waals surface area contributed by atoms with Crippen LogP contribution in [0, 0.1) is 11.7 Å². The zero-order valence-corrected chi connectivity index (χ0v) is 9.81. The minimum atomic E-state index is -0.865. The molecule has 2 rings (SSSR count). The molecule has 2 unspecified atom stereocenters. The van der Waals surface area contributed by atoms with Gasteiger partial charge < -0.3 is 20.3 Å². The van der Waals surface area contributed by atoms with E-state index in [2.05, 4.69) is 5.32 Å². The summed E-state index contributed by atoms with van der Waals surface area (Å²) in [4.78, 5) is 10.8. The average molecular weight is 255 g/mol. The number of carbonyl (C=O) groups is 1. The molecular formula is C12H14FNO4. The van der Waals surface area contributed by atoms with Gasteiger partial charge in [0.05, 0.1) is 13.0 Å². The Morgan fingerprint density at radius 3 is 2.83 bits per heavy atom. The molecule has 1 aliphatic heterocycles. The lowest BCUT2D eigenvalue weighted by molar-refractivity contribution is -0.141. The number of aromatic hydroxyl groups is 1. The van der Waals surface area contributed by atoms with Crippen molar-refractivity contribution in [3.8, 4) is 11.5 Å². The minimum Gasteiger partial charge on any atom is -0.502 e. The maximum Gasteiger partial charge on any atom is 0.307 e. The highest BCUT2D eigenvalue weighted by Crippen LogP contribution is 2.35. The molecule has 2 atom stereocenters. The van der Waals surface area contributed by atoms with E-state index < -0.39 is 23.5 Å². The summed E-state index contributed by atoms with van der Waals surface area (Å²) in [6.07, 6.45) is 0.392. The van der Waals surface area contributed by atoms with Gasteiger partial charge in [-0.25, -0.2) is 4.39 Å². The molecule has 1 fully saturated rings. The summed E-state index contributed by atoms with van der Waals surface area (Å²) in [5.74, 6) is -2.60. The first-order valence-corrected chi connectivity index (χ1v) is 5.55. The molecule has 0 bridgehead atoms. The molecule has 3 N–H and O–H groups in total. The average Bonchev–Trinajstić information content (AvgIpc) is 2.82. The highest BCUT2D eigenvalue weighted by molar-refractivity contribution is 5.70. The van der Waals surface area contributed by atoms with Gasteiger partial charge in [-0.15, -0.1) is 0 Å². The van der Waals surface area contributed by atoms with Crippen LogP contribution in [0.25, 0.3) is 0 Å². The van der Waals surface area contributed by atoms with Crippen LogP contribution in [0.15, 0.2) is 12.1 Å². The largest absolute Gasteiger partial charge is 0.502 e. The molecule has 5 nitrogen and oxygen atoms in total. The number of methoxy groups -OCH3 is 1. The Balaban J connectivity index is 2.25. The van der Waals surface area contributed by atoms with Crippen LogP contribution < -0.4 is 10.1 Å². The first-order valence-electron chi connectivity index (χ1n) is 5.55. The SMILES string of the molecule is COc1cc(C2CC(C(=O)O)CN2)cc(F)c1O. The molecule has 98 valence electrons. The van der Waals surface area contributed by atoms with E-state index in [1.165, 1.54) is 19.2 Å². The number of halogens is 1. The third kappa shape index (κ3) is 2.24. The predicted molar refractivity (Wildman–Crippen MR) is 61.1 cm³/mol. The van der Waals surface area contributed by atoms with Gasteiger partial charge in [-0.3, -0.25) is 4.79 Å². The van der Waals surface area contributed by atoms with Crippen molar-refractivity contribution in [1.82, 2.24) is 5.32 Å². The van der Waals surface area contributed by atoms with Gasteiger partial charge in [-0.05, 0) is 24.1 Å². The topological polar surface area (TPSA) is 78.8 Å². The van der Waals surface area contributed by atoms with Crippen LogP contribution in [0.5, 0.6) is 11.5 Å². The van der Waals surface area contributed by atoms with Crippen LogP contribution in [-0.2, 0) is 4.79 Å². The van der Waals surface area contributed by atoms with Crippen molar-refractivity contribution in [3.05, 3.63) is 23.5 Å². The van der Waals surface area contributed by atoms with E-state index in [0.29, 0.717) is 18.5 Å². The zero-order chi connectivity index (χ0) is 13.3. The monoisotopic (exact) mass is 255 g/mol. The second-order valence-corrected chi connectivity index (χ2v) is 4.29. The third-order valence-corrected chi connectivity index (χ3v) is 3.15. The van der Waals surface area contributed by atoms with Crippen molar-refractivity contribution in [1.29, 1.82) is 0 Å². The lowest BCUT2D eigenvalue weighted by atomic mass is 9.99. The summed E-state index contributed by atoms with van der Waals surface area (Å²) in [5.41, 5.74) is 0.575. The molecule has 0 saturated carbocycles. The molecule has 0 radical (unpaired) electrons. The number of nitrogens with one attached hydrogen (secondary N) is 1. The number of hydrogen-bond donors (Lipinski definition) is 3. The second-order valence-electron chi connectivity index (χ2n) is 4.29. The van der Waals surface area contributed by atoms with Crippen molar-refractivity contribution < 1.29 is 24.1 Å². The number of phenolic OH excluding ortho intramolecular Hbond substituents is 1. The molecule has 6 heteroatoms. The van der Waals surface area contributed by atoms with Crippen LogP contribution >= 0.6 is 0 Å². The number of carboxylic acids is 1. The minimum absolute atomic E-state index is 0.0468. The number of rotatable bonds is 3. The van der Waals surface area contributed by atoms with Crippen molar-refractivity contribution in [2.75, 3.05) is 13.7 Å². The van der Waals surface area contributed by atoms with Gasteiger partial charge >= 0.3 is 5.97 Å². The fraction of sp³-hybridized carbons (Fsp3) is 0.417. The molecule has 1 heterocycles. The van der Waals surface area contributed by atoms with E-state index in [1.54, 1.807) is 0 Å². The van der Waals surface area contributed by atoms with Gasteiger partial charge in [-0.2, -0.15) is 0 Å². The van der Waals surface area contributed by atoms with Gasteiger partial charge in [0, 0.05) is 12.6 Å². The molecular weight excluding hydrogens is 241 g/mol. The number of ether oxygens (including phenoxy) is 1. The second kappa shape index (κ2) is 4.81. The molecule has 1 aliphatic rings. The van der Waals surface area contributed by atoms with Crippen molar-refractivity contribution in [3.63, 3.8) is 0 Å². The molecule has 1 aromatic rings.